The summed E-state index contributed by atoms with van der Waals surface area (Å²) in [5.41, 5.74) is 2.16. The molecule has 1 rings (SSSR count). The van der Waals surface area contributed by atoms with Crippen LogP contribution in [-0.2, 0) is 16.0 Å². The van der Waals surface area contributed by atoms with E-state index in [1.807, 2.05) is 0 Å². The molecule has 0 spiro atoms. The van der Waals surface area contributed by atoms with Gasteiger partial charge in [0.25, 0.3) is 0 Å². The van der Waals surface area contributed by atoms with E-state index in [-0.39, 0.29) is 12.3 Å². The zero-order valence-corrected chi connectivity index (χ0v) is 13.3. The fraction of sp³-hybridized carbons (Fsp3) is 0.467. The van der Waals surface area contributed by atoms with Gasteiger partial charge >= 0.3 is 6.09 Å². The van der Waals surface area contributed by atoms with Crippen LogP contribution < -0.4 is 21.3 Å². The predicted molar refractivity (Wildman–Crippen MR) is 81.9 cm³/mol. The van der Waals surface area contributed by atoms with Gasteiger partial charge in [0.05, 0.1) is 6.42 Å². The van der Waals surface area contributed by atoms with Gasteiger partial charge in [-0.05, 0) is 33.8 Å². The zero-order valence-electron chi connectivity index (χ0n) is 13.3. The molecule has 0 fully saturated rings. The third-order valence-electron chi connectivity index (χ3n) is 2.51. The first kappa shape index (κ1) is 17.8. The predicted octanol–water partition coefficient (Wildman–Crippen LogP) is 1.47. The molecule has 4 N–H and O–H groups in total. The highest BCUT2D eigenvalue weighted by Crippen LogP contribution is 2.19. The summed E-state index contributed by atoms with van der Waals surface area (Å²) in [6, 6.07) is 7.04. The molecule has 1 atom stereocenters. The maximum Gasteiger partial charge on any atom is 0.410 e. The van der Waals surface area contributed by atoms with E-state index in [1.54, 1.807) is 52.0 Å². The summed E-state index contributed by atoms with van der Waals surface area (Å²) < 4.78 is 10.8. The van der Waals surface area contributed by atoms with Crippen LogP contribution in [0.4, 0.5) is 4.79 Å². The molecular formula is C15H23N3O4. The number of nitrogens with two attached hydrogens (primary N) is 1. The Kier molecular flexibility index (Phi) is 6.18. The van der Waals surface area contributed by atoms with Crippen molar-refractivity contribution in [1.82, 2.24) is 10.7 Å². The van der Waals surface area contributed by atoms with Crippen molar-refractivity contribution in [3.8, 4) is 5.75 Å². The van der Waals surface area contributed by atoms with Crippen LogP contribution in [0.25, 0.3) is 0 Å². The van der Waals surface area contributed by atoms with Gasteiger partial charge in [-0.2, -0.15) is 0 Å². The number of benzene rings is 1. The van der Waals surface area contributed by atoms with Crippen molar-refractivity contribution in [3.05, 3.63) is 29.8 Å². The SMILES string of the molecule is CC(NC(=O)OC(C)(C)C)Oc1ccccc1CC(=O)NN. The standard InChI is InChI=1S/C15H23N3O4/c1-10(17-14(20)22-15(2,3)4)21-12-8-6-5-7-11(12)9-13(19)18-16/h5-8,10H,9,16H2,1-4H3,(H,17,20)(H,18,19). The molecule has 22 heavy (non-hydrogen) atoms. The number of alkyl carbamates (subject to hydrolysis) is 1. The Morgan fingerprint density at radius 3 is 2.50 bits per heavy atom. The molecule has 122 valence electrons. The molecule has 0 bridgehead atoms. The van der Waals surface area contributed by atoms with Crippen molar-refractivity contribution >= 4 is 12.0 Å². The fourth-order valence-electron chi connectivity index (χ4n) is 1.68. The molecule has 0 heterocycles. The fourth-order valence-corrected chi connectivity index (χ4v) is 1.68. The van der Waals surface area contributed by atoms with Crippen LogP contribution in [0, 0.1) is 0 Å². The summed E-state index contributed by atoms with van der Waals surface area (Å²) in [6.45, 7) is 7.00. The molecule has 0 aliphatic rings. The smallest absolute Gasteiger partial charge is 0.410 e. The molecule has 0 aliphatic heterocycles. The lowest BCUT2D eigenvalue weighted by molar-refractivity contribution is -0.120. The molecule has 1 aromatic carbocycles. The molecule has 0 aliphatic carbocycles. The third kappa shape index (κ3) is 6.45. The lowest BCUT2D eigenvalue weighted by atomic mass is 10.1. The Morgan fingerprint density at radius 1 is 1.27 bits per heavy atom. The van der Waals surface area contributed by atoms with Crippen LogP contribution in [-0.4, -0.2) is 23.8 Å². The van der Waals surface area contributed by atoms with E-state index < -0.39 is 17.9 Å². The molecule has 0 radical (unpaired) electrons. The van der Waals surface area contributed by atoms with Crippen molar-refractivity contribution in [3.63, 3.8) is 0 Å². The largest absolute Gasteiger partial charge is 0.471 e. The summed E-state index contributed by atoms with van der Waals surface area (Å²) in [7, 11) is 0. The average Bonchev–Trinajstić information content (AvgIpc) is 2.38. The second-order valence-electron chi connectivity index (χ2n) is 5.76. The van der Waals surface area contributed by atoms with E-state index in [2.05, 4.69) is 10.7 Å². The average molecular weight is 309 g/mol. The number of carbonyl (C=O) groups excluding carboxylic acids is 2. The van der Waals surface area contributed by atoms with E-state index in [9.17, 15) is 9.59 Å². The van der Waals surface area contributed by atoms with Crippen LogP contribution in [0.3, 0.4) is 0 Å². The molecule has 0 saturated carbocycles. The lowest BCUT2D eigenvalue weighted by Crippen LogP contribution is -2.40. The highest BCUT2D eigenvalue weighted by molar-refractivity contribution is 5.78. The molecule has 0 saturated heterocycles. The minimum Gasteiger partial charge on any atom is -0.471 e. The van der Waals surface area contributed by atoms with Gasteiger partial charge in [0.2, 0.25) is 5.91 Å². The minimum absolute atomic E-state index is 0.0891. The Balaban J connectivity index is 2.66. The normalized spacial score (nSPS) is 12.2. The van der Waals surface area contributed by atoms with E-state index in [4.69, 9.17) is 15.3 Å². The molecule has 2 amide bonds. The molecule has 0 aromatic heterocycles. The van der Waals surface area contributed by atoms with Crippen molar-refractivity contribution in [2.75, 3.05) is 0 Å². The topological polar surface area (TPSA) is 103 Å². The lowest BCUT2D eigenvalue weighted by Gasteiger charge is -2.23. The summed E-state index contributed by atoms with van der Waals surface area (Å²) in [6.07, 6.45) is -1.10. The summed E-state index contributed by atoms with van der Waals surface area (Å²) in [5.74, 6) is 5.25. The van der Waals surface area contributed by atoms with Crippen LogP contribution >= 0.6 is 0 Å². The molecular weight excluding hydrogens is 286 g/mol. The maximum atomic E-state index is 11.7. The third-order valence-corrected chi connectivity index (χ3v) is 2.51. The summed E-state index contributed by atoms with van der Waals surface area (Å²) in [4.78, 5) is 23.0. The van der Waals surface area contributed by atoms with Crippen molar-refractivity contribution < 1.29 is 19.1 Å². The van der Waals surface area contributed by atoms with Crippen molar-refractivity contribution in [2.45, 2.75) is 45.9 Å². The maximum absolute atomic E-state index is 11.7. The van der Waals surface area contributed by atoms with Gasteiger partial charge in [0.15, 0.2) is 6.23 Å². The highest BCUT2D eigenvalue weighted by Gasteiger charge is 2.18. The minimum atomic E-state index is -0.614. The van der Waals surface area contributed by atoms with E-state index in [1.165, 1.54) is 0 Å². The van der Waals surface area contributed by atoms with E-state index in [0.717, 1.165) is 0 Å². The Bertz CT molecular complexity index is 526. The number of para-hydroxylation sites is 1. The second kappa shape index (κ2) is 7.65. The number of nitrogens with one attached hydrogen (secondary N) is 2. The van der Waals surface area contributed by atoms with Crippen LogP contribution in [0.15, 0.2) is 24.3 Å². The van der Waals surface area contributed by atoms with Crippen LogP contribution in [0.5, 0.6) is 5.75 Å². The van der Waals surface area contributed by atoms with Gasteiger partial charge in [0.1, 0.15) is 11.4 Å². The zero-order chi connectivity index (χ0) is 16.8. The number of amides is 2. The number of hydrazine groups is 1. The summed E-state index contributed by atoms with van der Waals surface area (Å²) in [5, 5.41) is 2.57. The Morgan fingerprint density at radius 2 is 1.91 bits per heavy atom. The molecule has 1 unspecified atom stereocenters. The number of hydrogen-bond acceptors (Lipinski definition) is 5. The second-order valence-corrected chi connectivity index (χ2v) is 5.76. The van der Waals surface area contributed by atoms with Gasteiger partial charge in [0, 0.05) is 5.56 Å². The quantitative estimate of drug-likeness (QED) is 0.331. The highest BCUT2D eigenvalue weighted by atomic mass is 16.6. The summed E-state index contributed by atoms with van der Waals surface area (Å²) >= 11 is 0. The number of hydrogen-bond donors (Lipinski definition) is 3. The monoisotopic (exact) mass is 309 g/mol. The first-order valence-corrected chi connectivity index (χ1v) is 6.95. The van der Waals surface area contributed by atoms with Gasteiger partial charge in [-0.1, -0.05) is 18.2 Å². The first-order chi connectivity index (χ1) is 10.2. The Hall–Kier alpha value is -2.28. The molecule has 1 aromatic rings. The molecule has 7 nitrogen and oxygen atoms in total. The van der Waals surface area contributed by atoms with E-state index >= 15 is 0 Å². The van der Waals surface area contributed by atoms with Crippen LogP contribution in [0.2, 0.25) is 0 Å². The van der Waals surface area contributed by atoms with Gasteiger partial charge in [-0.15, -0.1) is 0 Å². The number of rotatable bonds is 5. The van der Waals surface area contributed by atoms with Gasteiger partial charge < -0.3 is 9.47 Å². The van der Waals surface area contributed by atoms with Crippen LogP contribution in [0.1, 0.15) is 33.3 Å². The number of ether oxygens (including phenoxy) is 2. The van der Waals surface area contributed by atoms with Gasteiger partial charge in [-0.25, -0.2) is 10.6 Å². The first-order valence-electron chi connectivity index (χ1n) is 6.95. The van der Waals surface area contributed by atoms with Gasteiger partial charge in [-0.3, -0.25) is 15.5 Å². The van der Waals surface area contributed by atoms with Crippen molar-refractivity contribution in [1.29, 1.82) is 0 Å². The van der Waals surface area contributed by atoms with E-state index in [0.29, 0.717) is 11.3 Å². The Labute approximate surface area is 130 Å². The molecule has 7 heteroatoms. The van der Waals surface area contributed by atoms with Crippen molar-refractivity contribution in [2.24, 2.45) is 5.84 Å². The number of carbonyl (C=O) groups is 2.